The van der Waals surface area contributed by atoms with Crippen LogP contribution in [-0.4, -0.2) is 33.5 Å². The maximum atomic E-state index is 14.0. The van der Waals surface area contributed by atoms with E-state index in [-0.39, 0.29) is 24.4 Å². The van der Waals surface area contributed by atoms with Crippen molar-refractivity contribution in [3.05, 3.63) is 65.0 Å². The van der Waals surface area contributed by atoms with Crippen LogP contribution in [0.25, 0.3) is 0 Å². The molecule has 1 aliphatic rings. The van der Waals surface area contributed by atoms with E-state index >= 15 is 0 Å². The van der Waals surface area contributed by atoms with Gasteiger partial charge in [-0.25, -0.2) is 8.78 Å². The number of aromatic nitrogens is 1. The Bertz CT molecular complexity index is 734. The van der Waals surface area contributed by atoms with Crippen LogP contribution in [0.5, 0.6) is 0 Å². The van der Waals surface area contributed by atoms with Crippen molar-refractivity contribution in [2.45, 2.75) is 25.5 Å². The number of amides is 1. The summed E-state index contributed by atoms with van der Waals surface area (Å²) < 4.78 is 27.5. The van der Waals surface area contributed by atoms with Gasteiger partial charge >= 0.3 is 0 Å². The minimum absolute atomic E-state index is 0.0767. The van der Waals surface area contributed by atoms with Crippen LogP contribution in [0, 0.1) is 18.6 Å². The van der Waals surface area contributed by atoms with Gasteiger partial charge < -0.3 is 10.0 Å². The molecule has 0 radical (unpaired) electrons. The van der Waals surface area contributed by atoms with E-state index in [1.165, 1.54) is 11.1 Å². The highest BCUT2D eigenvalue weighted by Crippen LogP contribution is 2.35. The van der Waals surface area contributed by atoms with Gasteiger partial charge in [0.1, 0.15) is 11.6 Å². The van der Waals surface area contributed by atoms with E-state index in [2.05, 4.69) is 4.98 Å². The second-order valence-electron chi connectivity index (χ2n) is 5.72. The fraction of sp³-hybridized carbons (Fsp3) is 0.294. The van der Waals surface area contributed by atoms with Gasteiger partial charge in [0.25, 0.3) is 5.91 Å². The third-order valence-corrected chi connectivity index (χ3v) is 4.02. The van der Waals surface area contributed by atoms with E-state index in [4.69, 9.17) is 0 Å². The Labute approximate surface area is 132 Å². The topological polar surface area (TPSA) is 53.4 Å². The number of carbonyl (C=O) groups is 1. The molecule has 6 heteroatoms. The molecule has 0 unspecified atom stereocenters. The number of pyridine rings is 1. The minimum atomic E-state index is -0.773. The van der Waals surface area contributed by atoms with Gasteiger partial charge in [0, 0.05) is 24.0 Å². The molecular formula is C17H16F2N2O2. The Hall–Kier alpha value is -2.34. The van der Waals surface area contributed by atoms with Gasteiger partial charge in [0.15, 0.2) is 0 Å². The minimum Gasteiger partial charge on any atom is -0.391 e. The van der Waals surface area contributed by atoms with E-state index in [1.54, 1.807) is 19.1 Å². The zero-order chi connectivity index (χ0) is 16.6. The van der Waals surface area contributed by atoms with Crippen molar-refractivity contribution in [3.63, 3.8) is 0 Å². The van der Waals surface area contributed by atoms with Gasteiger partial charge in [0.05, 0.1) is 17.7 Å². The van der Waals surface area contributed by atoms with Gasteiger partial charge in [-0.05, 0) is 43.7 Å². The van der Waals surface area contributed by atoms with Crippen LogP contribution in [0.1, 0.15) is 34.1 Å². The summed E-state index contributed by atoms with van der Waals surface area (Å²) in [5.74, 6) is -1.53. The number of aliphatic hydroxyl groups excluding tert-OH is 1. The quantitative estimate of drug-likeness (QED) is 0.926. The van der Waals surface area contributed by atoms with Crippen molar-refractivity contribution in [3.8, 4) is 0 Å². The molecule has 4 nitrogen and oxygen atoms in total. The number of hydrogen-bond acceptors (Lipinski definition) is 3. The molecule has 2 atom stereocenters. The number of benzene rings is 1. The highest BCUT2D eigenvalue weighted by Gasteiger charge is 2.37. The Balaban J connectivity index is 1.95. The zero-order valence-electron chi connectivity index (χ0n) is 12.5. The van der Waals surface area contributed by atoms with Gasteiger partial charge in [-0.2, -0.15) is 0 Å². The first-order valence-corrected chi connectivity index (χ1v) is 7.32. The number of halogens is 2. The molecule has 0 bridgehead atoms. The number of aliphatic hydroxyl groups is 1. The molecule has 2 aromatic rings. The molecule has 0 spiro atoms. The van der Waals surface area contributed by atoms with Crippen LogP contribution < -0.4 is 0 Å². The Morgan fingerprint density at radius 1 is 1.30 bits per heavy atom. The van der Waals surface area contributed by atoms with Gasteiger partial charge in [-0.3, -0.25) is 9.78 Å². The summed E-state index contributed by atoms with van der Waals surface area (Å²) in [7, 11) is 0. The molecule has 1 aromatic carbocycles. The highest BCUT2D eigenvalue weighted by atomic mass is 19.1. The number of rotatable bonds is 2. The first kappa shape index (κ1) is 15.6. The standard InChI is InChI=1S/C17H16F2N2O2/c1-10-2-3-11(8-20-10)17(23)21-9-13(22)7-16(21)14-6-12(18)4-5-15(14)19/h2-6,8,13,16,22H,7,9H2,1H3/t13-,16-/m0/s1. The molecule has 1 amide bonds. The Morgan fingerprint density at radius 3 is 2.78 bits per heavy atom. The molecule has 3 rings (SSSR count). The van der Waals surface area contributed by atoms with E-state index in [9.17, 15) is 18.7 Å². The predicted octanol–water partition coefficient (Wildman–Crippen LogP) is 2.62. The molecule has 1 fully saturated rings. The molecule has 1 saturated heterocycles. The third kappa shape index (κ3) is 3.07. The maximum Gasteiger partial charge on any atom is 0.256 e. The van der Waals surface area contributed by atoms with Crippen LogP contribution in [0.4, 0.5) is 8.78 Å². The lowest BCUT2D eigenvalue weighted by Gasteiger charge is -2.25. The second-order valence-corrected chi connectivity index (χ2v) is 5.72. The van der Waals surface area contributed by atoms with Crippen molar-refractivity contribution >= 4 is 5.91 Å². The van der Waals surface area contributed by atoms with E-state index in [1.807, 2.05) is 0 Å². The number of nitrogens with zero attached hydrogens (tertiary/aromatic N) is 2. The Kier molecular flexibility index (Phi) is 4.09. The van der Waals surface area contributed by atoms with Crippen LogP contribution in [0.2, 0.25) is 0 Å². The summed E-state index contributed by atoms with van der Waals surface area (Å²) in [4.78, 5) is 18.1. The summed E-state index contributed by atoms with van der Waals surface area (Å²) in [6.07, 6.45) is 0.845. The summed E-state index contributed by atoms with van der Waals surface area (Å²) in [6, 6.07) is 5.78. The fourth-order valence-corrected chi connectivity index (χ4v) is 2.86. The fourth-order valence-electron chi connectivity index (χ4n) is 2.86. The third-order valence-electron chi connectivity index (χ3n) is 4.02. The van der Waals surface area contributed by atoms with Crippen molar-refractivity contribution in [2.75, 3.05) is 6.54 Å². The SMILES string of the molecule is Cc1ccc(C(=O)N2C[C@@H](O)C[C@H]2c2cc(F)ccc2F)cn1. The van der Waals surface area contributed by atoms with E-state index < -0.39 is 23.8 Å². The molecule has 0 saturated carbocycles. The summed E-state index contributed by atoms with van der Waals surface area (Å²) in [6.45, 7) is 1.88. The van der Waals surface area contributed by atoms with Crippen molar-refractivity contribution in [1.82, 2.24) is 9.88 Å². The maximum absolute atomic E-state index is 14.0. The van der Waals surface area contributed by atoms with Crippen molar-refractivity contribution < 1.29 is 18.7 Å². The van der Waals surface area contributed by atoms with Crippen LogP contribution in [0.3, 0.4) is 0 Å². The average molecular weight is 318 g/mol. The van der Waals surface area contributed by atoms with Crippen molar-refractivity contribution in [1.29, 1.82) is 0 Å². The molecule has 1 aromatic heterocycles. The molecule has 0 aliphatic carbocycles. The van der Waals surface area contributed by atoms with E-state index in [0.29, 0.717) is 5.56 Å². The van der Waals surface area contributed by atoms with Crippen LogP contribution >= 0.6 is 0 Å². The first-order chi connectivity index (χ1) is 11.0. The lowest BCUT2D eigenvalue weighted by Crippen LogP contribution is -2.32. The number of aryl methyl sites for hydroxylation is 1. The average Bonchev–Trinajstić information content (AvgIpc) is 2.91. The highest BCUT2D eigenvalue weighted by molar-refractivity contribution is 5.94. The normalized spacial score (nSPS) is 20.8. The second kappa shape index (κ2) is 6.04. The molecular weight excluding hydrogens is 302 g/mol. The largest absolute Gasteiger partial charge is 0.391 e. The van der Waals surface area contributed by atoms with Crippen LogP contribution in [-0.2, 0) is 0 Å². The first-order valence-electron chi connectivity index (χ1n) is 7.32. The lowest BCUT2D eigenvalue weighted by molar-refractivity contribution is 0.0713. The van der Waals surface area contributed by atoms with Gasteiger partial charge in [-0.15, -0.1) is 0 Å². The lowest BCUT2D eigenvalue weighted by atomic mass is 10.0. The van der Waals surface area contributed by atoms with Gasteiger partial charge in [-0.1, -0.05) is 0 Å². The summed E-state index contributed by atoms with van der Waals surface area (Å²) in [5, 5.41) is 9.91. The number of likely N-dealkylation sites (tertiary alicyclic amines) is 1. The molecule has 1 N–H and O–H groups in total. The predicted molar refractivity (Wildman–Crippen MR) is 79.7 cm³/mol. The van der Waals surface area contributed by atoms with Crippen molar-refractivity contribution in [2.24, 2.45) is 0 Å². The number of β-amino-alcohol motifs (C(OH)–C–C–N with tert-alkyl or cyclic N) is 1. The number of carbonyl (C=O) groups excluding carboxylic acids is 1. The molecule has 2 heterocycles. The smallest absolute Gasteiger partial charge is 0.256 e. The molecule has 1 aliphatic heterocycles. The summed E-state index contributed by atoms with van der Waals surface area (Å²) in [5.41, 5.74) is 1.21. The Morgan fingerprint density at radius 2 is 2.09 bits per heavy atom. The number of hydrogen-bond donors (Lipinski definition) is 1. The zero-order valence-corrected chi connectivity index (χ0v) is 12.5. The monoisotopic (exact) mass is 318 g/mol. The van der Waals surface area contributed by atoms with E-state index in [0.717, 1.165) is 23.9 Å². The van der Waals surface area contributed by atoms with Gasteiger partial charge in [0.2, 0.25) is 0 Å². The van der Waals surface area contributed by atoms with Crippen LogP contribution in [0.15, 0.2) is 36.5 Å². The summed E-state index contributed by atoms with van der Waals surface area (Å²) >= 11 is 0. The molecule has 120 valence electrons. The molecule has 23 heavy (non-hydrogen) atoms.